The second-order valence-electron chi connectivity index (χ2n) is 11.8. The van der Waals surface area contributed by atoms with Crippen molar-refractivity contribution in [3.05, 3.63) is 61.1 Å². The molecule has 2 aliphatic rings. The molecule has 13 heteroatoms. The number of halogens is 1. The number of hydrogen-bond donors (Lipinski definition) is 3. The number of aromatic nitrogens is 2. The van der Waals surface area contributed by atoms with Crippen molar-refractivity contribution in [3.8, 4) is 5.75 Å². The van der Waals surface area contributed by atoms with Gasteiger partial charge in [0.15, 0.2) is 11.6 Å². The lowest BCUT2D eigenvalue weighted by Gasteiger charge is -2.43. The SMILES string of the molecule is C=CC(=O)Nc1cc(Nc2ncc(F)c(Nc3ccccc3P(C)(C)=O)n2)c(OC)cc1N1CCC(N2CCN(C)CC2)CC1. The largest absolute Gasteiger partial charge is 0.494 e. The molecule has 11 nitrogen and oxygen atoms in total. The normalized spacial score (nSPS) is 16.7. The van der Waals surface area contributed by atoms with E-state index >= 15 is 0 Å². The number of ether oxygens (including phenoxy) is 1. The fourth-order valence-electron chi connectivity index (χ4n) is 5.85. The van der Waals surface area contributed by atoms with Gasteiger partial charge in [-0.2, -0.15) is 4.98 Å². The number of rotatable bonds is 10. The van der Waals surface area contributed by atoms with Crippen LogP contribution in [0.4, 0.5) is 38.9 Å². The van der Waals surface area contributed by atoms with E-state index in [2.05, 4.69) is 54.2 Å². The Morgan fingerprint density at radius 1 is 1.04 bits per heavy atom. The van der Waals surface area contributed by atoms with Gasteiger partial charge in [-0.15, -0.1) is 0 Å². The molecule has 2 aliphatic heterocycles. The molecule has 0 saturated carbocycles. The van der Waals surface area contributed by atoms with Crippen LogP contribution in [0, 0.1) is 5.82 Å². The predicted octanol–water partition coefficient (Wildman–Crippen LogP) is 4.70. The van der Waals surface area contributed by atoms with Gasteiger partial charge in [0.2, 0.25) is 11.9 Å². The van der Waals surface area contributed by atoms with E-state index in [9.17, 15) is 13.8 Å². The molecule has 2 saturated heterocycles. The van der Waals surface area contributed by atoms with Crippen molar-refractivity contribution in [3.63, 3.8) is 0 Å². The van der Waals surface area contributed by atoms with Gasteiger partial charge in [0.25, 0.3) is 0 Å². The van der Waals surface area contributed by atoms with Crippen molar-refractivity contribution >= 4 is 52.9 Å². The first-order valence-corrected chi connectivity index (χ1v) is 17.7. The molecule has 3 heterocycles. The number of benzene rings is 2. The van der Waals surface area contributed by atoms with Crippen molar-refractivity contribution in [2.24, 2.45) is 0 Å². The first kappa shape index (κ1) is 32.4. The number of methoxy groups -OCH3 is 1. The molecule has 5 rings (SSSR count). The lowest BCUT2D eigenvalue weighted by molar-refractivity contribution is -0.111. The standard InChI is InChI=1S/C32H42FN8O3P/c1-6-30(42)35-25-19-26(28(44-3)20-27(25)41-13-11-22(12-14-41)40-17-15-39(2)16-18-40)37-32-34-21-23(33)31(38-32)36-24-9-7-8-10-29(24)45(4,5)43/h6-10,19-22H,1,11-18H2,2-5H3,(H,35,42)(H2,34,36,37,38). The summed E-state index contributed by atoms with van der Waals surface area (Å²) in [4.78, 5) is 28.2. The van der Waals surface area contributed by atoms with Gasteiger partial charge in [-0.05, 0) is 57.5 Å². The number of hydrogen-bond acceptors (Lipinski definition) is 10. The average Bonchev–Trinajstić information content (AvgIpc) is 3.03. The number of piperidine rings is 1. The average molecular weight is 637 g/mol. The highest BCUT2D eigenvalue weighted by atomic mass is 31.2. The maximum Gasteiger partial charge on any atom is 0.247 e. The molecule has 3 N–H and O–H groups in total. The van der Waals surface area contributed by atoms with Gasteiger partial charge in [-0.1, -0.05) is 18.7 Å². The summed E-state index contributed by atoms with van der Waals surface area (Å²) in [5.74, 6) is -0.473. The van der Waals surface area contributed by atoms with Crippen LogP contribution in [0.3, 0.4) is 0 Å². The minimum Gasteiger partial charge on any atom is -0.494 e. The van der Waals surface area contributed by atoms with Crippen LogP contribution in [0.2, 0.25) is 0 Å². The third-order valence-corrected chi connectivity index (χ3v) is 9.90. The van der Waals surface area contributed by atoms with Gasteiger partial charge < -0.3 is 35.1 Å². The lowest BCUT2D eigenvalue weighted by Crippen LogP contribution is -2.52. The number of nitrogens with zero attached hydrogens (tertiary/aromatic N) is 5. The number of likely N-dealkylation sites (N-methyl/N-ethyl adjacent to an activating group) is 1. The number of nitrogens with one attached hydrogen (secondary N) is 3. The number of piperazine rings is 1. The molecule has 2 aromatic carbocycles. The number of anilines is 6. The van der Waals surface area contributed by atoms with Crippen molar-refractivity contribution in [1.82, 2.24) is 19.8 Å². The number of para-hydroxylation sites is 1. The van der Waals surface area contributed by atoms with Crippen LogP contribution in [-0.4, -0.2) is 98.5 Å². The van der Waals surface area contributed by atoms with Crippen molar-refractivity contribution in [1.29, 1.82) is 0 Å². The minimum absolute atomic E-state index is 0.0765. The molecule has 0 atom stereocenters. The summed E-state index contributed by atoms with van der Waals surface area (Å²) < 4.78 is 33.4. The number of carbonyl (C=O) groups is 1. The van der Waals surface area contributed by atoms with E-state index in [1.165, 1.54) is 6.08 Å². The Hall–Kier alpha value is -3.99. The summed E-state index contributed by atoms with van der Waals surface area (Å²) in [5.41, 5.74) is 2.41. The van der Waals surface area contributed by atoms with Gasteiger partial charge in [0, 0.05) is 56.7 Å². The Morgan fingerprint density at radius 2 is 1.76 bits per heavy atom. The van der Waals surface area contributed by atoms with E-state index < -0.39 is 13.0 Å². The number of carbonyl (C=O) groups excluding carboxylic acids is 1. The fraction of sp³-hybridized carbons (Fsp3) is 0.406. The van der Waals surface area contributed by atoms with Crippen LogP contribution in [0.1, 0.15) is 12.8 Å². The third kappa shape index (κ3) is 7.81. The molecule has 1 amide bonds. The van der Waals surface area contributed by atoms with E-state index in [1.54, 1.807) is 50.8 Å². The molecule has 45 heavy (non-hydrogen) atoms. The second-order valence-corrected chi connectivity index (χ2v) is 15.0. The summed E-state index contributed by atoms with van der Waals surface area (Å²) in [6.45, 7) is 13.0. The van der Waals surface area contributed by atoms with Crippen molar-refractivity contribution in [2.45, 2.75) is 18.9 Å². The van der Waals surface area contributed by atoms with E-state index in [-0.39, 0.29) is 17.7 Å². The highest BCUT2D eigenvalue weighted by Crippen LogP contribution is 2.40. The molecule has 240 valence electrons. The van der Waals surface area contributed by atoms with Gasteiger partial charge >= 0.3 is 0 Å². The molecule has 0 spiro atoms. The van der Waals surface area contributed by atoms with Gasteiger partial charge in [-0.25, -0.2) is 9.37 Å². The topological polar surface area (TPSA) is 115 Å². The first-order valence-electron chi connectivity index (χ1n) is 15.1. The summed E-state index contributed by atoms with van der Waals surface area (Å²) in [6.07, 6.45) is 4.33. The van der Waals surface area contributed by atoms with Crippen LogP contribution in [-0.2, 0) is 9.36 Å². The quantitative estimate of drug-likeness (QED) is 0.214. The highest BCUT2D eigenvalue weighted by Gasteiger charge is 2.28. The lowest BCUT2D eigenvalue weighted by atomic mass is 10.0. The Kier molecular flexibility index (Phi) is 10.1. The minimum atomic E-state index is -2.65. The predicted molar refractivity (Wildman–Crippen MR) is 180 cm³/mol. The zero-order chi connectivity index (χ0) is 32.1. The molecule has 2 fully saturated rings. The molecular formula is C32H42FN8O3P. The van der Waals surface area contributed by atoms with Crippen LogP contribution >= 0.6 is 7.14 Å². The molecular weight excluding hydrogens is 594 g/mol. The molecule has 0 unspecified atom stereocenters. The zero-order valence-electron chi connectivity index (χ0n) is 26.3. The molecule has 0 radical (unpaired) electrons. The summed E-state index contributed by atoms with van der Waals surface area (Å²) in [7, 11) is 1.09. The maximum atomic E-state index is 14.9. The monoisotopic (exact) mass is 636 g/mol. The van der Waals surface area contributed by atoms with Gasteiger partial charge in [0.1, 0.15) is 12.9 Å². The molecule has 0 aliphatic carbocycles. The van der Waals surface area contributed by atoms with Crippen molar-refractivity contribution in [2.75, 3.05) is 87.6 Å². The Morgan fingerprint density at radius 3 is 2.42 bits per heavy atom. The van der Waals surface area contributed by atoms with Crippen LogP contribution < -0.4 is 30.9 Å². The fourth-order valence-corrected chi connectivity index (χ4v) is 7.01. The van der Waals surface area contributed by atoms with Crippen molar-refractivity contribution < 1.29 is 18.5 Å². The highest BCUT2D eigenvalue weighted by molar-refractivity contribution is 7.70. The molecule has 0 bridgehead atoms. The summed E-state index contributed by atoms with van der Waals surface area (Å²) in [6, 6.07) is 11.2. The third-order valence-electron chi connectivity index (χ3n) is 8.35. The first-order chi connectivity index (χ1) is 21.5. The van der Waals surface area contributed by atoms with E-state index in [4.69, 9.17) is 4.74 Å². The Bertz CT molecular complexity index is 1580. The molecule has 3 aromatic rings. The van der Waals surface area contributed by atoms with E-state index in [0.717, 1.165) is 64.0 Å². The smallest absolute Gasteiger partial charge is 0.247 e. The second kappa shape index (κ2) is 14.0. The summed E-state index contributed by atoms with van der Waals surface area (Å²) in [5, 5.41) is 9.63. The van der Waals surface area contributed by atoms with Crippen LogP contribution in [0.15, 0.2) is 55.3 Å². The number of amides is 1. The van der Waals surface area contributed by atoms with Crippen LogP contribution in [0.5, 0.6) is 5.75 Å². The maximum absolute atomic E-state index is 14.9. The zero-order valence-corrected chi connectivity index (χ0v) is 27.2. The van der Waals surface area contributed by atoms with Crippen LogP contribution in [0.25, 0.3) is 0 Å². The van der Waals surface area contributed by atoms with Gasteiger partial charge in [0.05, 0.1) is 36.1 Å². The summed E-state index contributed by atoms with van der Waals surface area (Å²) >= 11 is 0. The Balaban J connectivity index is 1.39. The Labute approximate surface area is 264 Å². The van der Waals surface area contributed by atoms with Gasteiger partial charge in [-0.3, -0.25) is 9.69 Å². The van der Waals surface area contributed by atoms with E-state index in [0.29, 0.717) is 34.2 Å². The van der Waals surface area contributed by atoms with E-state index in [1.807, 2.05) is 6.07 Å². The molecule has 1 aromatic heterocycles.